The molecule has 1 aliphatic rings. The summed E-state index contributed by atoms with van der Waals surface area (Å²) in [5.41, 5.74) is 0.953. The molecule has 6 nitrogen and oxygen atoms in total. The number of ether oxygens (including phenoxy) is 1. The van der Waals surface area contributed by atoms with Crippen molar-refractivity contribution in [3.63, 3.8) is 0 Å². The average Bonchev–Trinajstić information content (AvgIpc) is 3.13. The number of sulfonamides is 1. The molecule has 0 amide bonds. The Labute approximate surface area is 163 Å². The van der Waals surface area contributed by atoms with Gasteiger partial charge in [-0.1, -0.05) is 30.3 Å². The summed E-state index contributed by atoms with van der Waals surface area (Å²) in [6.45, 7) is 0.457. The van der Waals surface area contributed by atoms with Gasteiger partial charge < -0.3 is 9.15 Å². The fraction of sp³-hybridized carbons (Fsp3) is 0.286. The van der Waals surface area contributed by atoms with Crippen LogP contribution < -0.4 is 10.3 Å². The first-order valence-electron chi connectivity index (χ1n) is 9.23. The quantitative estimate of drug-likeness (QED) is 0.644. The van der Waals surface area contributed by atoms with Gasteiger partial charge in [0.2, 0.25) is 10.0 Å². The molecule has 1 heterocycles. The highest BCUT2D eigenvalue weighted by molar-refractivity contribution is 7.89. The molecule has 0 unspecified atom stereocenters. The lowest BCUT2D eigenvalue weighted by Crippen LogP contribution is -2.41. The molecule has 0 spiro atoms. The molecule has 146 valence electrons. The molecule has 4 rings (SSSR count). The van der Waals surface area contributed by atoms with Crippen LogP contribution in [-0.4, -0.2) is 20.6 Å². The number of nitrogens with one attached hydrogen (secondary N) is 1. The molecule has 0 saturated heterocycles. The molecule has 28 heavy (non-hydrogen) atoms. The second-order valence-electron chi connectivity index (χ2n) is 6.95. The van der Waals surface area contributed by atoms with Crippen molar-refractivity contribution in [1.29, 1.82) is 0 Å². The summed E-state index contributed by atoms with van der Waals surface area (Å²) in [6, 6.07) is 16.9. The Hall–Kier alpha value is -2.48. The van der Waals surface area contributed by atoms with E-state index in [0.717, 1.165) is 24.8 Å². The van der Waals surface area contributed by atoms with Gasteiger partial charge >= 0.3 is 5.63 Å². The van der Waals surface area contributed by atoms with Gasteiger partial charge in [-0.05, 0) is 49.1 Å². The standard InChI is InChI=1S/C21H21NO5S/c23-21-12-9-16-13-17(10-11-19(16)27-21)28(24,25)22-18-7-4-8-20(18)26-14-15-5-2-1-3-6-15/h1-3,5-6,9-13,18,20,22H,4,7-8,14H2/t18-,20-/m1/s1. The van der Waals surface area contributed by atoms with Crippen molar-refractivity contribution in [2.75, 3.05) is 0 Å². The molecular formula is C21H21NO5S. The third-order valence-electron chi connectivity index (χ3n) is 4.97. The molecule has 1 N–H and O–H groups in total. The largest absolute Gasteiger partial charge is 0.423 e. The zero-order valence-corrected chi connectivity index (χ0v) is 16.0. The average molecular weight is 399 g/mol. The summed E-state index contributed by atoms with van der Waals surface area (Å²) in [5.74, 6) is 0. The molecule has 1 saturated carbocycles. The number of hydrogen-bond acceptors (Lipinski definition) is 5. The van der Waals surface area contributed by atoms with Crippen LogP contribution in [0.15, 0.2) is 74.8 Å². The second-order valence-corrected chi connectivity index (χ2v) is 8.66. The third kappa shape index (κ3) is 4.16. The highest BCUT2D eigenvalue weighted by Crippen LogP contribution is 2.26. The Morgan fingerprint density at radius 2 is 1.86 bits per heavy atom. The number of fused-ring (bicyclic) bond motifs is 1. The summed E-state index contributed by atoms with van der Waals surface area (Å²) in [4.78, 5) is 11.4. The van der Waals surface area contributed by atoms with Gasteiger partial charge in [-0.15, -0.1) is 0 Å². The smallest absolute Gasteiger partial charge is 0.336 e. The fourth-order valence-corrected chi connectivity index (χ4v) is 4.86. The normalized spacial score (nSPS) is 19.9. The first-order chi connectivity index (χ1) is 13.5. The van der Waals surface area contributed by atoms with Crippen LogP contribution in [0, 0.1) is 0 Å². The van der Waals surface area contributed by atoms with E-state index in [1.165, 1.54) is 24.3 Å². The van der Waals surface area contributed by atoms with Crippen molar-refractivity contribution in [2.45, 2.75) is 42.9 Å². The summed E-state index contributed by atoms with van der Waals surface area (Å²) in [5, 5.41) is 0.561. The Balaban J connectivity index is 1.48. The van der Waals surface area contributed by atoms with Crippen molar-refractivity contribution < 1.29 is 17.6 Å². The summed E-state index contributed by atoms with van der Waals surface area (Å²) >= 11 is 0. The van der Waals surface area contributed by atoms with Gasteiger partial charge in [0.15, 0.2) is 0 Å². The minimum absolute atomic E-state index is 0.141. The van der Waals surface area contributed by atoms with E-state index < -0.39 is 15.6 Å². The SMILES string of the molecule is O=c1ccc2cc(S(=O)(=O)N[C@@H]3CCC[C@H]3OCc3ccccc3)ccc2o1. The van der Waals surface area contributed by atoms with Gasteiger partial charge in [0, 0.05) is 17.5 Å². The Morgan fingerprint density at radius 3 is 2.68 bits per heavy atom. The van der Waals surface area contributed by atoms with Crippen LogP contribution in [-0.2, 0) is 21.4 Å². The summed E-state index contributed by atoms with van der Waals surface area (Å²) in [6.07, 6.45) is 2.31. The molecule has 1 aliphatic carbocycles. The molecule has 0 aliphatic heterocycles. The first-order valence-corrected chi connectivity index (χ1v) is 10.7. The maximum atomic E-state index is 12.9. The molecule has 0 radical (unpaired) electrons. The van der Waals surface area contributed by atoms with E-state index in [4.69, 9.17) is 9.15 Å². The number of hydrogen-bond donors (Lipinski definition) is 1. The van der Waals surface area contributed by atoms with Crippen LogP contribution in [0.5, 0.6) is 0 Å². The van der Waals surface area contributed by atoms with Gasteiger partial charge in [-0.3, -0.25) is 0 Å². The minimum atomic E-state index is -3.71. The van der Waals surface area contributed by atoms with Crippen molar-refractivity contribution >= 4 is 21.0 Å². The van der Waals surface area contributed by atoms with E-state index in [0.29, 0.717) is 17.6 Å². The maximum Gasteiger partial charge on any atom is 0.336 e. The van der Waals surface area contributed by atoms with Crippen molar-refractivity contribution in [3.05, 3.63) is 76.6 Å². The molecule has 1 fully saturated rings. The van der Waals surface area contributed by atoms with Crippen LogP contribution in [0.1, 0.15) is 24.8 Å². The van der Waals surface area contributed by atoms with Crippen LogP contribution in [0.4, 0.5) is 0 Å². The van der Waals surface area contributed by atoms with Crippen molar-refractivity contribution in [1.82, 2.24) is 4.72 Å². The predicted molar refractivity (Wildman–Crippen MR) is 105 cm³/mol. The zero-order valence-electron chi connectivity index (χ0n) is 15.2. The van der Waals surface area contributed by atoms with Gasteiger partial charge in [-0.25, -0.2) is 17.9 Å². The lowest BCUT2D eigenvalue weighted by molar-refractivity contribution is 0.0325. The van der Waals surface area contributed by atoms with Gasteiger partial charge in [0.1, 0.15) is 5.58 Å². The molecule has 7 heteroatoms. The first kappa shape index (κ1) is 18.9. The van der Waals surface area contributed by atoms with E-state index in [9.17, 15) is 13.2 Å². The van der Waals surface area contributed by atoms with Crippen LogP contribution >= 0.6 is 0 Å². The van der Waals surface area contributed by atoms with E-state index in [1.807, 2.05) is 30.3 Å². The van der Waals surface area contributed by atoms with Gasteiger partial charge in [-0.2, -0.15) is 0 Å². The zero-order chi connectivity index (χ0) is 19.6. The van der Waals surface area contributed by atoms with Crippen LogP contribution in [0.3, 0.4) is 0 Å². The Kier molecular flexibility index (Phi) is 5.30. The Bertz CT molecular complexity index is 1120. The molecule has 1 aromatic heterocycles. The molecule has 2 aromatic carbocycles. The fourth-order valence-electron chi connectivity index (χ4n) is 3.52. The van der Waals surface area contributed by atoms with Crippen LogP contribution in [0.25, 0.3) is 11.0 Å². The molecular weight excluding hydrogens is 378 g/mol. The van der Waals surface area contributed by atoms with E-state index in [1.54, 1.807) is 6.07 Å². The minimum Gasteiger partial charge on any atom is -0.423 e. The summed E-state index contributed by atoms with van der Waals surface area (Å²) in [7, 11) is -3.71. The molecule has 3 aromatic rings. The summed E-state index contributed by atoms with van der Waals surface area (Å²) < 4.78 is 39.6. The van der Waals surface area contributed by atoms with E-state index in [-0.39, 0.29) is 17.0 Å². The van der Waals surface area contributed by atoms with Crippen molar-refractivity contribution in [2.24, 2.45) is 0 Å². The number of rotatable bonds is 6. The molecule has 0 bridgehead atoms. The topological polar surface area (TPSA) is 85.6 Å². The number of benzene rings is 2. The lowest BCUT2D eigenvalue weighted by atomic mass is 10.2. The highest BCUT2D eigenvalue weighted by atomic mass is 32.2. The van der Waals surface area contributed by atoms with E-state index >= 15 is 0 Å². The Morgan fingerprint density at radius 1 is 1.04 bits per heavy atom. The lowest BCUT2D eigenvalue weighted by Gasteiger charge is -2.21. The van der Waals surface area contributed by atoms with Gasteiger partial charge in [0.25, 0.3) is 0 Å². The van der Waals surface area contributed by atoms with Crippen LogP contribution in [0.2, 0.25) is 0 Å². The maximum absolute atomic E-state index is 12.9. The highest BCUT2D eigenvalue weighted by Gasteiger charge is 2.32. The van der Waals surface area contributed by atoms with Gasteiger partial charge in [0.05, 0.1) is 17.6 Å². The predicted octanol–water partition coefficient (Wildman–Crippen LogP) is 3.21. The van der Waals surface area contributed by atoms with Crippen molar-refractivity contribution in [3.8, 4) is 0 Å². The van der Waals surface area contributed by atoms with E-state index in [2.05, 4.69) is 4.72 Å². The monoisotopic (exact) mass is 399 g/mol. The second kappa shape index (κ2) is 7.87. The molecule has 2 atom stereocenters. The third-order valence-corrected chi connectivity index (χ3v) is 6.45.